The molecule has 164 valence electrons. The van der Waals surface area contributed by atoms with E-state index >= 15 is 0 Å². The molecule has 1 aromatic carbocycles. The molecule has 1 aliphatic carbocycles. The van der Waals surface area contributed by atoms with E-state index in [0.29, 0.717) is 35.7 Å². The van der Waals surface area contributed by atoms with E-state index in [2.05, 4.69) is 32.6 Å². The van der Waals surface area contributed by atoms with Crippen LogP contribution in [0.5, 0.6) is 0 Å². The molecule has 2 heterocycles. The fourth-order valence-corrected chi connectivity index (χ4v) is 3.92. The van der Waals surface area contributed by atoms with Gasteiger partial charge >= 0.3 is 0 Å². The highest BCUT2D eigenvalue weighted by Gasteiger charge is 2.31. The maximum absolute atomic E-state index is 6.04. The van der Waals surface area contributed by atoms with Gasteiger partial charge in [-0.25, -0.2) is 0 Å². The van der Waals surface area contributed by atoms with Gasteiger partial charge in [0.15, 0.2) is 5.96 Å². The van der Waals surface area contributed by atoms with E-state index in [1.165, 1.54) is 38.8 Å². The summed E-state index contributed by atoms with van der Waals surface area (Å²) in [4.78, 5) is 11.8. The predicted molar refractivity (Wildman–Crippen MR) is 131 cm³/mol. The zero-order valence-electron chi connectivity index (χ0n) is 17.3. The fourth-order valence-electron chi connectivity index (χ4n) is 3.73. The molecule has 0 radical (unpaired) electrons. The van der Waals surface area contributed by atoms with Gasteiger partial charge in [0.2, 0.25) is 11.7 Å². The van der Waals surface area contributed by atoms with Crippen LogP contribution in [0.2, 0.25) is 5.02 Å². The zero-order chi connectivity index (χ0) is 20.1. The largest absolute Gasteiger partial charge is 0.357 e. The Morgan fingerprint density at radius 2 is 2.07 bits per heavy atom. The van der Waals surface area contributed by atoms with E-state index in [1.54, 1.807) is 0 Å². The first kappa shape index (κ1) is 23.3. The lowest BCUT2D eigenvalue weighted by molar-refractivity contribution is 0.197. The van der Waals surface area contributed by atoms with Crippen molar-refractivity contribution in [2.75, 3.05) is 26.2 Å². The standard InChI is InChI=1S/C21H29ClN6O.HI/c1-2-23-21(25-17-9-12-28(13-10-17)18-6-7-18)24-11-8-19-26-20(27-29-19)15-4-3-5-16(22)14-15;/h3-5,14,17-18H,2,6-13H2,1H3,(H2,23,24,25);1H. The Bertz CT molecular complexity index is 832. The number of nitrogens with zero attached hydrogens (tertiary/aromatic N) is 4. The molecule has 1 aromatic heterocycles. The van der Waals surface area contributed by atoms with Gasteiger partial charge in [0, 0.05) is 48.7 Å². The van der Waals surface area contributed by atoms with Crippen molar-refractivity contribution >= 4 is 41.5 Å². The van der Waals surface area contributed by atoms with Crippen LogP contribution in [0.15, 0.2) is 33.8 Å². The summed E-state index contributed by atoms with van der Waals surface area (Å²) >= 11 is 6.04. The number of hydrogen-bond donors (Lipinski definition) is 2. The molecule has 1 aliphatic heterocycles. The summed E-state index contributed by atoms with van der Waals surface area (Å²) in [5.41, 5.74) is 0.851. The van der Waals surface area contributed by atoms with Crippen LogP contribution in [0.4, 0.5) is 0 Å². The normalized spacial score (nSPS) is 18.1. The lowest BCUT2D eigenvalue weighted by Gasteiger charge is -2.33. The van der Waals surface area contributed by atoms with Crippen LogP contribution in [-0.4, -0.2) is 59.3 Å². The first-order valence-electron chi connectivity index (χ1n) is 10.6. The van der Waals surface area contributed by atoms with Crippen molar-refractivity contribution in [2.45, 2.75) is 51.1 Å². The predicted octanol–water partition coefficient (Wildman–Crippen LogP) is 3.73. The molecule has 0 bridgehead atoms. The van der Waals surface area contributed by atoms with Crippen LogP contribution in [0.3, 0.4) is 0 Å². The number of likely N-dealkylation sites (tertiary alicyclic amines) is 1. The lowest BCUT2D eigenvalue weighted by atomic mass is 10.1. The van der Waals surface area contributed by atoms with E-state index < -0.39 is 0 Å². The minimum Gasteiger partial charge on any atom is -0.357 e. The second-order valence-electron chi connectivity index (χ2n) is 7.72. The SMILES string of the molecule is CCNC(=NCCc1nc(-c2cccc(Cl)c2)no1)NC1CCN(C2CC2)CC1.I. The molecular weight excluding hydrogens is 515 g/mol. The molecule has 2 aromatic rings. The van der Waals surface area contributed by atoms with E-state index in [-0.39, 0.29) is 24.0 Å². The smallest absolute Gasteiger partial charge is 0.228 e. The van der Waals surface area contributed by atoms with Crippen molar-refractivity contribution in [3.05, 3.63) is 35.2 Å². The molecule has 2 fully saturated rings. The van der Waals surface area contributed by atoms with Gasteiger partial charge in [-0.15, -0.1) is 24.0 Å². The number of halogens is 2. The molecule has 0 spiro atoms. The Balaban J connectivity index is 0.00000256. The summed E-state index contributed by atoms with van der Waals surface area (Å²) < 4.78 is 5.37. The molecule has 30 heavy (non-hydrogen) atoms. The van der Waals surface area contributed by atoms with Gasteiger partial charge in [0.1, 0.15) is 0 Å². The van der Waals surface area contributed by atoms with Crippen LogP contribution >= 0.6 is 35.6 Å². The second kappa shape index (κ2) is 11.3. The quantitative estimate of drug-likeness (QED) is 0.314. The molecule has 2 aliphatic rings. The van der Waals surface area contributed by atoms with Crippen molar-refractivity contribution in [3.63, 3.8) is 0 Å². The molecule has 1 saturated heterocycles. The van der Waals surface area contributed by atoms with Gasteiger partial charge in [-0.3, -0.25) is 4.99 Å². The monoisotopic (exact) mass is 544 g/mol. The Labute approximate surface area is 200 Å². The van der Waals surface area contributed by atoms with Gasteiger partial charge in [-0.2, -0.15) is 4.98 Å². The van der Waals surface area contributed by atoms with E-state index in [0.717, 1.165) is 24.1 Å². The molecule has 7 nitrogen and oxygen atoms in total. The number of rotatable bonds is 7. The molecule has 2 N–H and O–H groups in total. The third-order valence-corrected chi connectivity index (χ3v) is 5.66. The highest BCUT2D eigenvalue weighted by atomic mass is 127. The Morgan fingerprint density at radius 1 is 1.27 bits per heavy atom. The van der Waals surface area contributed by atoms with Gasteiger partial charge in [0.25, 0.3) is 0 Å². The molecule has 0 atom stereocenters. The van der Waals surface area contributed by atoms with Gasteiger partial charge in [-0.05, 0) is 44.7 Å². The van der Waals surface area contributed by atoms with Crippen molar-refractivity contribution in [1.82, 2.24) is 25.7 Å². The summed E-state index contributed by atoms with van der Waals surface area (Å²) in [5, 5.41) is 11.6. The Morgan fingerprint density at radius 3 is 2.77 bits per heavy atom. The third kappa shape index (κ3) is 6.55. The van der Waals surface area contributed by atoms with Crippen LogP contribution in [0.1, 0.15) is 38.5 Å². The van der Waals surface area contributed by atoms with E-state index in [9.17, 15) is 0 Å². The summed E-state index contributed by atoms with van der Waals surface area (Å²) in [5.74, 6) is 2.00. The summed E-state index contributed by atoms with van der Waals surface area (Å²) in [6, 6.07) is 8.80. The number of aliphatic imine (C=N–C) groups is 1. The van der Waals surface area contributed by atoms with E-state index in [4.69, 9.17) is 21.1 Å². The topological polar surface area (TPSA) is 78.6 Å². The average Bonchev–Trinajstić information content (AvgIpc) is 3.47. The highest BCUT2D eigenvalue weighted by Crippen LogP contribution is 2.29. The molecule has 4 rings (SSSR count). The number of aromatic nitrogens is 2. The lowest BCUT2D eigenvalue weighted by Crippen LogP contribution is -2.49. The zero-order valence-corrected chi connectivity index (χ0v) is 20.4. The Kier molecular flexibility index (Phi) is 8.76. The number of hydrogen-bond acceptors (Lipinski definition) is 5. The Hall–Kier alpha value is -1.39. The van der Waals surface area contributed by atoms with Crippen molar-refractivity contribution in [2.24, 2.45) is 4.99 Å². The minimum atomic E-state index is 0. The molecule has 9 heteroatoms. The number of guanidine groups is 1. The van der Waals surface area contributed by atoms with Gasteiger partial charge in [0.05, 0.1) is 6.54 Å². The van der Waals surface area contributed by atoms with Crippen molar-refractivity contribution < 1.29 is 4.52 Å². The van der Waals surface area contributed by atoms with Crippen LogP contribution < -0.4 is 10.6 Å². The summed E-state index contributed by atoms with van der Waals surface area (Å²) in [6.45, 7) is 5.90. The number of piperidine rings is 1. The van der Waals surface area contributed by atoms with Gasteiger partial charge < -0.3 is 20.1 Å². The molecule has 0 unspecified atom stereocenters. The summed E-state index contributed by atoms with van der Waals surface area (Å²) in [7, 11) is 0. The maximum Gasteiger partial charge on any atom is 0.228 e. The van der Waals surface area contributed by atoms with Crippen LogP contribution in [0.25, 0.3) is 11.4 Å². The maximum atomic E-state index is 6.04. The van der Waals surface area contributed by atoms with Crippen LogP contribution in [0, 0.1) is 0 Å². The third-order valence-electron chi connectivity index (χ3n) is 5.42. The highest BCUT2D eigenvalue weighted by molar-refractivity contribution is 14.0. The fraction of sp³-hybridized carbons (Fsp3) is 0.571. The molecule has 1 saturated carbocycles. The number of nitrogens with one attached hydrogen (secondary N) is 2. The first-order valence-corrected chi connectivity index (χ1v) is 11.0. The summed E-state index contributed by atoms with van der Waals surface area (Å²) in [6.07, 6.45) is 5.72. The first-order chi connectivity index (χ1) is 14.2. The van der Waals surface area contributed by atoms with Gasteiger partial charge in [-0.1, -0.05) is 28.9 Å². The van der Waals surface area contributed by atoms with Crippen molar-refractivity contribution in [3.8, 4) is 11.4 Å². The molecular formula is C21H30ClIN6O. The molecule has 0 amide bonds. The van der Waals surface area contributed by atoms with Crippen LogP contribution in [-0.2, 0) is 6.42 Å². The second-order valence-corrected chi connectivity index (χ2v) is 8.15. The van der Waals surface area contributed by atoms with Crippen molar-refractivity contribution in [1.29, 1.82) is 0 Å². The minimum absolute atomic E-state index is 0. The van der Waals surface area contributed by atoms with E-state index in [1.807, 2.05) is 24.3 Å². The average molecular weight is 545 g/mol. The number of benzene rings is 1.